The molecule has 0 aliphatic rings. The average Bonchev–Trinajstić information content (AvgIpc) is 3.23. The quantitative estimate of drug-likeness (QED) is 0.0323. The summed E-state index contributed by atoms with van der Waals surface area (Å²) in [7, 11) is 0. The summed E-state index contributed by atoms with van der Waals surface area (Å²) in [4.78, 5) is 26.1. The number of rotatable bonds is 46. The van der Waals surface area contributed by atoms with Crippen molar-refractivity contribution in [3.63, 3.8) is 0 Å². The van der Waals surface area contributed by atoms with E-state index in [2.05, 4.69) is 62.5 Å². The molecular weight excluding hydrogens is 731 g/mol. The van der Waals surface area contributed by atoms with E-state index < -0.39 is 18.2 Å². The van der Waals surface area contributed by atoms with Gasteiger partial charge in [0.05, 0.1) is 25.2 Å². The Morgan fingerprint density at radius 2 is 0.915 bits per heavy atom. The Balaban J connectivity index is 4.57. The van der Waals surface area contributed by atoms with E-state index >= 15 is 0 Å². The molecule has 0 fully saturated rings. The van der Waals surface area contributed by atoms with Crippen LogP contribution < -0.4 is 5.32 Å². The van der Waals surface area contributed by atoms with Crippen LogP contribution in [0.5, 0.6) is 0 Å². The first-order valence-electron chi connectivity index (χ1n) is 25.7. The van der Waals surface area contributed by atoms with Crippen molar-refractivity contribution < 1.29 is 24.5 Å². The lowest BCUT2D eigenvalue weighted by molar-refractivity contribution is -0.151. The first kappa shape index (κ1) is 57.1. The van der Waals surface area contributed by atoms with Crippen molar-refractivity contribution in [2.24, 2.45) is 0 Å². The second-order valence-corrected chi connectivity index (χ2v) is 17.6. The molecule has 0 aromatic carbocycles. The maximum atomic E-state index is 13.2. The molecule has 0 rings (SSSR count). The van der Waals surface area contributed by atoms with Gasteiger partial charge in [0.15, 0.2) is 0 Å². The van der Waals surface area contributed by atoms with Gasteiger partial charge in [-0.25, -0.2) is 0 Å². The summed E-state index contributed by atoms with van der Waals surface area (Å²) < 4.78 is 5.93. The Labute approximate surface area is 366 Å². The lowest BCUT2D eigenvalue weighted by Gasteiger charge is -2.24. The molecule has 346 valence electrons. The Morgan fingerprint density at radius 1 is 0.508 bits per heavy atom. The van der Waals surface area contributed by atoms with Crippen molar-refractivity contribution in [1.29, 1.82) is 0 Å². The molecule has 0 aliphatic heterocycles. The van der Waals surface area contributed by atoms with Gasteiger partial charge in [0.25, 0.3) is 0 Å². The number of hydrogen-bond acceptors (Lipinski definition) is 5. The van der Waals surface area contributed by atoms with Gasteiger partial charge >= 0.3 is 5.97 Å². The smallest absolute Gasteiger partial charge is 0.306 e. The molecule has 0 bridgehead atoms. The van der Waals surface area contributed by atoms with E-state index in [0.29, 0.717) is 19.3 Å². The van der Waals surface area contributed by atoms with Crippen LogP contribution >= 0.6 is 0 Å². The van der Waals surface area contributed by atoms with Crippen LogP contribution in [0.3, 0.4) is 0 Å². The zero-order valence-corrected chi connectivity index (χ0v) is 39.4. The predicted molar refractivity (Wildman–Crippen MR) is 255 cm³/mol. The highest BCUT2D eigenvalue weighted by Gasteiger charge is 2.24. The highest BCUT2D eigenvalue weighted by molar-refractivity contribution is 5.77. The fraction of sp³-hybridized carbons (Fsp3) is 0.849. The number of amides is 1. The van der Waals surface area contributed by atoms with Crippen molar-refractivity contribution in [2.75, 3.05) is 6.61 Å². The zero-order chi connectivity index (χ0) is 43.1. The summed E-state index contributed by atoms with van der Waals surface area (Å²) >= 11 is 0. The first-order chi connectivity index (χ1) is 29.0. The summed E-state index contributed by atoms with van der Waals surface area (Å²) in [6.07, 6.45) is 54.9. The molecule has 6 nitrogen and oxygen atoms in total. The van der Waals surface area contributed by atoms with Crippen LogP contribution in [0.15, 0.2) is 36.5 Å². The molecule has 3 atom stereocenters. The Morgan fingerprint density at radius 3 is 1.37 bits per heavy atom. The van der Waals surface area contributed by atoms with Gasteiger partial charge < -0.3 is 20.3 Å². The Kier molecular flexibility index (Phi) is 45.6. The average molecular weight is 830 g/mol. The van der Waals surface area contributed by atoms with Crippen LogP contribution in [0, 0.1) is 0 Å². The number of aliphatic hydroxyl groups is 2. The SMILES string of the molecule is CC/C=C/C=C/C=C/CCCCCCCC(CC(=O)NC(CO)C(O)CCCCCCCCCCCCCCC)OC(=O)CCCCCCCCCCCCCCCC. The molecule has 59 heavy (non-hydrogen) atoms. The molecule has 0 saturated heterocycles. The highest BCUT2D eigenvalue weighted by Crippen LogP contribution is 2.18. The number of carbonyl (C=O) groups is 2. The molecular formula is C53H99NO5. The predicted octanol–water partition coefficient (Wildman–Crippen LogP) is 15.3. The number of carbonyl (C=O) groups excluding carboxylic acids is 2. The molecule has 0 spiro atoms. The van der Waals surface area contributed by atoms with E-state index in [0.717, 1.165) is 83.5 Å². The van der Waals surface area contributed by atoms with Crippen LogP contribution in [-0.4, -0.2) is 46.9 Å². The summed E-state index contributed by atoms with van der Waals surface area (Å²) in [5, 5.41) is 23.8. The van der Waals surface area contributed by atoms with Crippen molar-refractivity contribution >= 4 is 11.9 Å². The second kappa shape index (κ2) is 47.1. The van der Waals surface area contributed by atoms with E-state index in [1.807, 2.05) is 0 Å². The van der Waals surface area contributed by atoms with Gasteiger partial charge in [-0.2, -0.15) is 0 Å². The summed E-state index contributed by atoms with van der Waals surface area (Å²) in [6, 6.07) is -0.705. The van der Waals surface area contributed by atoms with Crippen LogP contribution in [-0.2, 0) is 14.3 Å². The standard InChI is InChI=1S/C53H99NO5/c1-4-7-10-13-16-19-22-25-28-31-34-37-40-43-46-53(58)59-49(44-41-38-35-32-29-26-23-20-17-14-11-8-5-2)47-52(57)54-50(48-55)51(56)45-42-39-36-33-30-27-24-21-18-15-12-9-6-3/h8,11,14,17,20,23,49-51,55-56H,4-7,9-10,12-13,15-16,18-19,21-22,24-48H2,1-3H3,(H,54,57)/b11-8+,17-14+,23-20+. The fourth-order valence-electron chi connectivity index (χ4n) is 7.90. The molecule has 0 saturated carbocycles. The lowest BCUT2D eigenvalue weighted by Crippen LogP contribution is -2.46. The normalized spacial score (nSPS) is 13.5. The van der Waals surface area contributed by atoms with E-state index in [-0.39, 0.29) is 24.9 Å². The third kappa shape index (κ3) is 42.6. The van der Waals surface area contributed by atoms with Gasteiger partial charge in [0.1, 0.15) is 6.10 Å². The van der Waals surface area contributed by atoms with E-state index in [4.69, 9.17) is 4.74 Å². The number of hydrogen-bond donors (Lipinski definition) is 3. The molecule has 0 aliphatic carbocycles. The van der Waals surface area contributed by atoms with Gasteiger partial charge in [0, 0.05) is 6.42 Å². The van der Waals surface area contributed by atoms with Crippen LogP contribution in [0.4, 0.5) is 0 Å². The molecule has 1 amide bonds. The number of unbranched alkanes of at least 4 members (excludes halogenated alkanes) is 30. The van der Waals surface area contributed by atoms with Crippen LogP contribution in [0.2, 0.25) is 0 Å². The third-order valence-electron chi connectivity index (χ3n) is 11.8. The summed E-state index contributed by atoms with van der Waals surface area (Å²) in [5.74, 6) is -0.484. The highest BCUT2D eigenvalue weighted by atomic mass is 16.5. The fourth-order valence-corrected chi connectivity index (χ4v) is 7.90. The van der Waals surface area contributed by atoms with Crippen molar-refractivity contribution in [2.45, 2.75) is 283 Å². The number of esters is 1. The van der Waals surface area contributed by atoms with Gasteiger partial charge in [-0.3, -0.25) is 9.59 Å². The topological polar surface area (TPSA) is 95.9 Å². The summed E-state index contributed by atoms with van der Waals surface area (Å²) in [5.41, 5.74) is 0. The minimum atomic E-state index is -0.790. The van der Waals surface area contributed by atoms with E-state index in [1.54, 1.807) is 0 Å². The first-order valence-corrected chi connectivity index (χ1v) is 25.7. The lowest BCUT2D eigenvalue weighted by atomic mass is 10.0. The Hall–Kier alpha value is -1.92. The number of ether oxygens (including phenoxy) is 1. The monoisotopic (exact) mass is 830 g/mol. The molecule has 0 heterocycles. The zero-order valence-electron chi connectivity index (χ0n) is 39.4. The Bertz CT molecular complexity index is 977. The minimum absolute atomic E-state index is 0.0677. The largest absolute Gasteiger partial charge is 0.462 e. The van der Waals surface area contributed by atoms with Gasteiger partial charge in [-0.1, -0.05) is 243 Å². The van der Waals surface area contributed by atoms with E-state index in [1.165, 1.54) is 135 Å². The van der Waals surface area contributed by atoms with Crippen molar-refractivity contribution in [1.82, 2.24) is 5.32 Å². The third-order valence-corrected chi connectivity index (χ3v) is 11.8. The molecule has 3 N–H and O–H groups in total. The van der Waals surface area contributed by atoms with Crippen LogP contribution in [0.25, 0.3) is 0 Å². The molecule has 0 aromatic rings. The molecule has 0 aromatic heterocycles. The molecule has 6 heteroatoms. The minimum Gasteiger partial charge on any atom is -0.462 e. The van der Waals surface area contributed by atoms with Crippen molar-refractivity contribution in [3.8, 4) is 0 Å². The van der Waals surface area contributed by atoms with E-state index in [9.17, 15) is 19.8 Å². The molecule has 3 unspecified atom stereocenters. The maximum Gasteiger partial charge on any atom is 0.306 e. The van der Waals surface area contributed by atoms with Gasteiger partial charge in [0.2, 0.25) is 5.91 Å². The number of aliphatic hydroxyl groups excluding tert-OH is 2. The maximum absolute atomic E-state index is 13.2. The number of allylic oxidation sites excluding steroid dienone is 6. The second-order valence-electron chi connectivity index (χ2n) is 17.6. The van der Waals surface area contributed by atoms with Gasteiger partial charge in [-0.05, 0) is 44.9 Å². The van der Waals surface area contributed by atoms with Gasteiger partial charge in [-0.15, -0.1) is 0 Å². The van der Waals surface area contributed by atoms with Crippen molar-refractivity contribution in [3.05, 3.63) is 36.5 Å². The molecule has 0 radical (unpaired) electrons. The van der Waals surface area contributed by atoms with Crippen LogP contribution in [0.1, 0.15) is 265 Å². The number of nitrogens with one attached hydrogen (secondary N) is 1. The summed E-state index contributed by atoms with van der Waals surface area (Å²) in [6.45, 7) is 6.36.